The Labute approximate surface area is 113 Å². The lowest BCUT2D eigenvalue weighted by atomic mass is 10.1. The summed E-state index contributed by atoms with van der Waals surface area (Å²) in [5, 5.41) is 5.53. The molecule has 0 aliphatic heterocycles. The average Bonchev–Trinajstić information content (AvgIpc) is 2.32. The van der Waals surface area contributed by atoms with Gasteiger partial charge in [-0.15, -0.1) is 0 Å². The lowest BCUT2D eigenvalue weighted by Gasteiger charge is -2.19. The third-order valence-electron chi connectivity index (χ3n) is 2.56. The van der Waals surface area contributed by atoms with E-state index in [1.165, 1.54) is 9.80 Å². The van der Waals surface area contributed by atoms with Crippen LogP contribution in [0.25, 0.3) is 0 Å². The number of urea groups is 2. The van der Waals surface area contributed by atoms with Crippen LogP contribution in [-0.2, 0) is 0 Å². The Bertz CT molecular complexity index is 484. The summed E-state index contributed by atoms with van der Waals surface area (Å²) in [7, 11) is 6.63. The number of aryl methyl sites for hydroxylation is 1. The first-order chi connectivity index (χ1) is 8.82. The maximum Gasteiger partial charge on any atom is 0.321 e. The Morgan fingerprint density at radius 2 is 1.47 bits per heavy atom. The quantitative estimate of drug-likeness (QED) is 0.860. The van der Waals surface area contributed by atoms with Crippen molar-refractivity contribution in [3.8, 4) is 0 Å². The molecule has 0 aromatic heterocycles. The smallest absolute Gasteiger partial charge is 0.321 e. The van der Waals surface area contributed by atoms with Gasteiger partial charge in [-0.1, -0.05) is 12.1 Å². The standard InChI is InChI=1S/C13H20N4O2/c1-9-7-6-8-10(14-12(18)16(2)3)11(9)15-13(19)17(4)5/h6-8H,1-5H3,(H,14,18)(H,15,19). The first-order valence-corrected chi connectivity index (χ1v) is 5.89. The lowest BCUT2D eigenvalue weighted by Crippen LogP contribution is -2.30. The molecule has 0 atom stereocenters. The highest BCUT2D eigenvalue weighted by Crippen LogP contribution is 2.26. The van der Waals surface area contributed by atoms with E-state index in [9.17, 15) is 9.59 Å². The third-order valence-corrected chi connectivity index (χ3v) is 2.56. The summed E-state index contributed by atoms with van der Waals surface area (Å²) in [5.74, 6) is 0. The second kappa shape index (κ2) is 6.08. The molecule has 1 aromatic carbocycles. The molecule has 0 spiro atoms. The van der Waals surface area contributed by atoms with Crippen molar-refractivity contribution >= 4 is 23.4 Å². The van der Waals surface area contributed by atoms with E-state index in [0.29, 0.717) is 11.4 Å². The van der Waals surface area contributed by atoms with Gasteiger partial charge in [-0.05, 0) is 18.6 Å². The molecule has 1 rings (SSSR count). The van der Waals surface area contributed by atoms with Crippen molar-refractivity contribution in [2.75, 3.05) is 38.8 Å². The van der Waals surface area contributed by atoms with E-state index in [4.69, 9.17) is 0 Å². The van der Waals surface area contributed by atoms with Gasteiger partial charge in [0.15, 0.2) is 0 Å². The van der Waals surface area contributed by atoms with Crippen LogP contribution in [0, 0.1) is 6.92 Å². The van der Waals surface area contributed by atoms with Crippen LogP contribution in [0.15, 0.2) is 18.2 Å². The highest BCUT2D eigenvalue weighted by molar-refractivity contribution is 5.99. The molecule has 0 saturated carbocycles. The van der Waals surface area contributed by atoms with E-state index in [0.717, 1.165) is 5.56 Å². The molecule has 0 bridgehead atoms. The van der Waals surface area contributed by atoms with Crippen LogP contribution in [0.1, 0.15) is 5.56 Å². The molecular weight excluding hydrogens is 244 g/mol. The van der Waals surface area contributed by atoms with Gasteiger partial charge in [-0.3, -0.25) is 0 Å². The van der Waals surface area contributed by atoms with Crippen molar-refractivity contribution in [1.82, 2.24) is 9.80 Å². The molecule has 0 aliphatic rings. The minimum Gasteiger partial charge on any atom is -0.331 e. The second-order valence-electron chi connectivity index (χ2n) is 4.65. The fourth-order valence-corrected chi connectivity index (χ4v) is 1.38. The number of hydrogen-bond donors (Lipinski definition) is 2. The second-order valence-corrected chi connectivity index (χ2v) is 4.65. The van der Waals surface area contributed by atoms with Crippen LogP contribution in [0.3, 0.4) is 0 Å². The van der Waals surface area contributed by atoms with Crippen molar-refractivity contribution in [2.45, 2.75) is 6.92 Å². The number of rotatable bonds is 2. The highest BCUT2D eigenvalue weighted by atomic mass is 16.2. The normalized spacial score (nSPS) is 9.74. The minimum atomic E-state index is -0.244. The number of carbonyl (C=O) groups is 2. The third kappa shape index (κ3) is 3.87. The summed E-state index contributed by atoms with van der Waals surface area (Å²) in [6, 6.07) is 4.96. The minimum absolute atomic E-state index is 0.241. The zero-order valence-corrected chi connectivity index (χ0v) is 11.9. The van der Waals surface area contributed by atoms with Gasteiger partial charge in [0.25, 0.3) is 0 Å². The summed E-state index contributed by atoms with van der Waals surface area (Å²) in [5.41, 5.74) is 2.07. The first-order valence-electron chi connectivity index (χ1n) is 5.89. The average molecular weight is 264 g/mol. The molecule has 2 N–H and O–H groups in total. The van der Waals surface area contributed by atoms with E-state index in [-0.39, 0.29) is 12.1 Å². The predicted molar refractivity (Wildman–Crippen MR) is 76.6 cm³/mol. The Kier molecular flexibility index (Phi) is 4.74. The number of amides is 4. The summed E-state index contributed by atoms with van der Waals surface area (Å²) < 4.78 is 0. The van der Waals surface area contributed by atoms with Gasteiger partial charge in [0.2, 0.25) is 0 Å². The van der Waals surface area contributed by atoms with Gasteiger partial charge in [-0.25, -0.2) is 9.59 Å². The Balaban J connectivity index is 3.02. The maximum absolute atomic E-state index is 11.7. The number of anilines is 2. The van der Waals surface area contributed by atoms with Crippen molar-refractivity contribution in [3.05, 3.63) is 23.8 Å². The predicted octanol–water partition coefficient (Wildman–Crippen LogP) is 2.18. The van der Waals surface area contributed by atoms with Crippen LogP contribution in [-0.4, -0.2) is 50.1 Å². The Hall–Kier alpha value is -2.24. The summed E-state index contributed by atoms with van der Waals surface area (Å²) in [6.07, 6.45) is 0. The number of para-hydroxylation sites is 1. The zero-order chi connectivity index (χ0) is 14.6. The van der Waals surface area contributed by atoms with Crippen LogP contribution in [0.4, 0.5) is 21.0 Å². The molecule has 1 aromatic rings. The molecule has 19 heavy (non-hydrogen) atoms. The fourth-order valence-electron chi connectivity index (χ4n) is 1.38. The lowest BCUT2D eigenvalue weighted by molar-refractivity contribution is 0.229. The molecule has 6 nitrogen and oxygen atoms in total. The maximum atomic E-state index is 11.7. The number of benzene rings is 1. The van der Waals surface area contributed by atoms with Crippen molar-refractivity contribution in [3.63, 3.8) is 0 Å². The highest BCUT2D eigenvalue weighted by Gasteiger charge is 2.13. The van der Waals surface area contributed by atoms with E-state index < -0.39 is 0 Å². The van der Waals surface area contributed by atoms with Crippen LogP contribution >= 0.6 is 0 Å². The number of nitrogens with zero attached hydrogens (tertiary/aromatic N) is 2. The molecule has 6 heteroatoms. The van der Waals surface area contributed by atoms with Crippen molar-refractivity contribution in [1.29, 1.82) is 0 Å². The molecule has 0 unspecified atom stereocenters. The molecule has 0 heterocycles. The molecule has 104 valence electrons. The molecule has 0 aliphatic carbocycles. The number of hydrogen-bond acceptors (Lipinski definition) is 2. The van der Waals surface area contributed by atoms with E-state index >= 15 is 0 Å². The Morgan fingerprint density at radius 3 is 2.00 bits per heavy atom. The molecule has 0 radical (unpaired) electrons. The summed E-state index contributed by atoms with van der Waals surface area (Å²) >= 11 is 0. The summed E-state index contributed by atoms with van der Waals surface area (Å²) in [6.45, 7) is 1.87. The fraction of sp³-hybridized carbons (Fsp3) is 0.385. The Morgan fingerprint density at radius 1 is 0.947 bits per heavy atom. The largest absolute Gasteiger partial charge is 0.331 e. The van der Waals surface area contributed by atoms with Crippen LogP contribution in [0.5, 0.6) is 0 Å². The zero-order valence-electron chi connectivity index (χ0n) is 11.9. The number of nitrogens with one attached hydrogen (secondary N) is 2. The van der Waals surface area contributed by atoms with Crippen molar-refractivity contribution in [2.24, 2.45) is 0 Å². The number of carbonyl (C=O) groups excluding carboxylic acids is 2. The van der Waals surface area contributed by atoms with Crippen molar-refractivity contribution < 1.29 is 9.59 Å². The van der Waals surface area contributed by atoms with E-state index in [1.54, 1.807) is 34.3 Å². The topological polar surface area (TPSA) is 64.7 Å². The molecule has 0 saturated heterocycles. The van der Waals surface area contributed by atoms with Crippen LogP contribution in [0.2, 0.25) is 0 Å². The van der Waals surface area contributed by atoms with E-state index in [1.807, 2.05) is 19.1 Å². The molecule has 4 amide bonds. The van der Waals surface area contributed by atoms with Crippen LogP contribution < -0.4 is 10.6 Å². The van der Waals surface area contributed by atoms with Gasteiger partial charge in [-0.2, -0.15) is 0 Å². The first kappa shape index (κ1) is 14.8. The van der Waals surface area contributed by atoms with Gasteiger partial charge in [0.05, 0.1) is 11.4 Å². The van der Waals surface area contributed by atoms with Gasteiger partial charge in [0, 0.05) is 28.2 Å². The molecule has 0 fully saturated rings. The monoisotopic (exact) mass is 264 g/mol. The van der Waals surface area contributed by atoms with Gasteiger partial charge < -0.3 is 20.4 Å². The van der Waals surface area contributed by atoms with E-state index in [2.05, 4.69) is 10.6 Å². The van der Waals surface area contributed by atoms with Gasteiger partial charge in [0.1, 0.15) is 0 Å². The molecular formula is C13H20N4O2. The van der Waals surface area contributed by atoms with Gasteiger partial charge >= 0.3 is 12.1 Å². The SMILES string of the molecule is Cc1cccc(NC(=O)N(C)C)c1NC(=O)N(C)C. The summed E-state index contributed by atoms with van der Waals surface area (Å²) in [4.78, 5) is 26.3.